The SMILES string of the molecule is CCCCOCCCN/C=C(/C#N)C(=O)Nc1c(C)cccc1CC. The Bertz CT molecular complexity index is 618. The quantitative estimate of drug-likeness (QED) is 0.365. The maximum Gasteiger partial charge on any atom is 0.267 e. The van der Waals surface area contributed by atoms with Crippen LogP contribution in [0.15, 0.2) is 30.0 Å². The summed E-state index contributed by atoms with van der Waals surface area (Å²) in [5, 5.41) is 15.1. The first kappa shape index (κ1) is 20.7. The lowest BCUT2D eigenvalue weighted by Crippen LogP contribution is -2.19. The molecule has 0 aliphatic heterocycles. The van der Waals surface area contributed by atoms with Gasteiger partial charge < -0.3 is 15.4 Å². The number of nitrogens with one attached hydrogen (secondary N) is 2. The van der Waals surface area contributed by atoms with Gasteiger partial charge in [-0.1, -0.05) is 38.5 Å². The number of anilines is 1. The van der Waals surface area contributed by atoms with E-state index in [1.807, 2.05) is 38.1 Å². The zero-order chi connectivity index (χ0) is 18.5. The minimum absolute atomic E-state index is 0.0669. The van der Waals surface area contributed by atoms with Crippen LogP contribution in [0.4, 0.5) is 5.69 Å². The van der Waals surface area contributed by atoms with Gasteiger partial charge >= 0.3 is 0 Å². The minimum Gasteiger partial charge on any atom is -0.390 e. The maximum atomic E-state index is 12.3. The molecule has 5 nitrogen and oxygen atoms in total. The lowest BCUT2D eigenvalue weighted by Gasteiger charge is -2.12. The number of amides is 1. The van der Waals surface area contributed by atoms with Crippen LogP contribution in [0.3, 0.4) is 0 Å². The Morgan fingerprint density at radius 1 is 1.28 bits per heavy atom. The fourth-order valence-corrected chi connectivity index (χ4v) is 2.33. The molecule has 5 heteroatoms. The lowest BCUT2D eigenvalue weighted by molar-refractivity contribution is -0.112. The van der Waals surface area contributed by atoms with Gasteiger partial charge in [-0.05, 0) is 37.3 Å². The number of hydrogen-bond acceptors (Lipinski definition) is 4. The molecule has 1 amide bonds. The minimum atomic E-state index is -0.391. The van der Waals surface area contributed by atoms with Crippen LogP contribution in [0.25, 0.3) is 0 Å². The number of aryl methyl sites for hydroxylation is 2. The molecule has 1 rings (SSSR count). The summed E-state index contributed by atoms with van der Waals surface area (Å²) in [6.45, 7) is 8.24. The summed E-state index contributed by atoms with van der Waals surface area (Å²) in [5.41, 5.74) is 2.91. The van der Waals surface area contributed by atoms with Crippen molar-refractivity contribution >= 4 is 11.6 Å². The Kier molecular flexibility index (Phi) is 10.0. The van der Waals surface area contributed by atoms with E-state index in [4.69, 9.17) is 4.74 Å². The second-order valence-corrected chi connectivity index (χ2v) is 5.86. The zero-order valence-corrected chi connectivity index (χ0v) is 15.5. The fourth-order valence-electron chi connectivity index (χ4n) is 2.33. The van der Waals surface area contributed by atoms with E-state index in [1.54, 1.807) is 0 Å². The predicted molar refractivity (Wildman–Crippen MR) is 101 cm³/mol. The van der Waals surface area contributed by atoms with Gasteiger partial charge in [-0.25, -0.2) is 0 Å². The van der Waals surface area contributed by atoms with Crippen molar-refractivity contribution in [3.63, 3.8) is 0 Å². The molecule has 0 unspecified atom stereocenters. The largest absolute Gasteiger partial charge is 0.390 e. The molecule has 0 aromatic heterocycles. The molecule has 136 valence electrons. The van der Waals surface area contributed by atoms with Crippen LogP contribution in [0, 0.1) is 18.3 Å². The first-order valence-corrected chi connectivity index (χ1v) is 8.95. The molecule has 0 bridgehead atoms. The van der Waals surface area contributed by atoms with E-state index >= 15 is 0 Å². The van der Waals surface area contributed by atoms with Crippen molar-refractivity contribution in [2.24, 2.45) is 0 Å². The van der Waals surface area contributed by atoms with Gasteiger partial charge in [0, 0.05) is 31.6 Å². The Hall–Kier alpha value is -2.32. The van der Waals surface area contributed by atoms with Crippen LogP contribution in [-0.4, -0.2) is 25.7 Å². The van der Waals surface area contributed by atoms with Gasteiger partial charge in [0.25, 0.3) is 5.91 Å². The average molecular weight is 343 g/mol. The second-order valence-electron chi connectivity index (χ2n) is 5.86. The fraction of sp³-hybridized carbons (Fsp3) is 0.500. The second kappa shape index (κ2) is 12.1. The number of nitriles is 1. The van der Waals surface area contributed by atoms with Gasteiger partial charge in [0.1, 0.15) is 11.6 Å². The highest BCUT2D eigenvalue weighted by atomic mass is 16.5. The highest BCUT2D eigenvalue weighted by molar-refractivity contribution is 6.07. The van der Waals surface area contributed by atoms with Crippen molar-refractivity contribution in [1.29, 1.82) is 5.26 Å². The topological polar surface area (TPSA) is 74.1 Å². The lowest BCUT2D eigenvalue weighted by atomic mass is 10.1. The third-order valence-corrected chi connectivity index (χ3v) is 3.84. The number of hydrogen-bond donors (Lipinski definition) is 2. The summed E-state index contributed by atoms with van der Waals surface area (Å²) in [4.78, 5) is 12.3. The van der Waals surface area contributed by atoms with Gasteiger partial charge in [-0.15, -0.1) is 0 Å². The Labute approximate surface area is 151 Å². The molecular formula is C20H29N3O2. The molecule has 25 heavy (non-hydrogen) atoms. The summed E-state index contributed by atoms with van der Waals surface area (Å²) < 4.78 is 5.47. The van der Waals surface area contributed by atoms with Crippen molar-refractivity contribution in [1.82, 2.24) is 5.32 Å². The average Bonchev–Trinajstić information content (AvgIpc) is 2.62. The van der Waals surface area contributed by atoms with E-state index < -0.39 is 5.91 Å². The van der Waals surface area contributed by atoms with Gasteiger partial charge in [0.05, 0.1) is 0 Å². The normalized spacial score (nSPS) is 11.0. The molecule has 0 atom stereocenters. The van der Waals surface area contributed by atoms with Crippen molar-refractivity contribution in [3.8, 4) is 6.07 Å². The number of ether oxygens (including phenoxy) is 1. The highest BCUT2D eigenvalue weighted by Crippen LogP contribution is 2.21. The first-order chi connectivity index (χ1) is 12.1. The summed E-state index contributed by atoms with van der Waals surface area (Å²) in [6, 6.07) is 7.85. The number of nitrogens with zero attached hydrogens (tertiary/aromatic N) is 1. The standard InChI is InChI=1S/C20H29N3O2/c1-4-6-12-25-13-8-11-22-15-18(14-21)20(24)23-19-16(3)9-7-10-17(19)5-2/h7,9-10,15,22H,4-6,8,11-13H2,1-3H3,(H,23,24)/b18-15-. The third kappa shape index (κ3) is 7.40. The molecule has 0 radical (unpaired) electrons. The van der Waals surface area contributed by atoms with E-state index in [1.165, 1.54) is 6.20 Å². The van der Waals surface area contributed by atoms with E-state index in [0.29, 0.717) is 13.2 Å². The molecule has 0 aliphatic carbocycles. The van der Waals surface area contributed by atoms with Crippen LogP contribution in [0.5, 0.6) is 0 Å². The van der Waals surface area contributed by atoms with E-state index in [-0.39, 0.29) is 5.57 Å². The molecular weight excluding hydrogens is 314 g/mol. The Morgan fingerprint density at radius 2 is 2.04 bits per heavy atom. The molecule has 1 aromatic rings. The number of benzene rings is 1. The van der Waals surface area contributed by atoms with E-state index in [9.17, 15) is 10.1 Å². The third-order valence-electron chi connectivity index (χ3n) is 3.84. The molecule has 0 saturated heterocycles. The highest BCUT2D eigenvalue weighted by Gasteiger charge is 2.12. The van der Waals surface area contributed by atoms with E-state index in [0.717, 1.165) is 49.1 Å². The van der Waals surface area contributed by atoms with Gasteiger partial charge in [0.15, 0.2) is 0 Å². The molecule has 0 fully saturated rings. The monoisotopic (exact) mass is 343 g/mol. The summed E-state index contributed by atoms with van der Waals surface area (Å²) >= 11 is 0. The van der Waals surface area contributed by atoms with Crippen LogP contribution in [-0.2, 0) is 16.0 Å². The number of unbranched alkanes of at least 4 members (excludes halogenated alkanes) is 1. The van der Waals surface area contributed by atoms with Crippen molar-refractivity contribution in [2.75, 3.05) is 25.1 Å². The van der Waals surface area contributed by atoms with Crippen molar-refractivity contribution in [3.05, 3.63) is 41.1 Å². The Morgan fingerprint density at radius 3 is 2.72 bits per heavy atom. The van der Waals surface area contributed by atoms with E-state index in [2.05, 4.69) is 17.6 Å². The van der Waals surface area contributed by atoms with Crippen LogP contribution >= 0.6 is 0 Å². The predicted octanol–water partition coefficient (Wildman–Crippen LogP) is 3.70. The number of rotatable bonds is 11. The van der Waals surface area contributed by atoms with Crippen LogP contribution in [0.1, 0.15) is 44.2 Å². The number of carbonyl (C=O) groups is 1. The van der Waals surface area contributed by atoms with Crippen LogP contribution < -0.4 is 10.6 Å². The molecule has 0 spiro atoms. The molecule has 2 N–H and O–H groups in total. The molecule has 1 aromatic carbocycles. The number of para-hydroxylation sites is 1. The zero-order valence-electron chi connectivity index (χ0n) is 15.5. The molecule has 0 heterocycles. The molecule has 0 saturated carbocycles. The smallest absolute Gasteiger partial charge is 0.267 e. The summed E-state index contributed by atoms with van der Waals surface area (Å²) in [7, 11) is 0. The first-order valence-electron chi connectivity index (χ1n) is 8.95. The van der Waals surface area contributed by atoms with Crippen LogP contribution in [0.2, 0.25) is 0 Å². The van der Waals surface area contributed by atoms with Gasteiger partial charge in [-0.3, -0.25) is 4.79 Å². The maximum absolute atomic E-state index is 12.3. The Balaban J connectivity index is 2.51. The number of carbonyl (C=O) groups excluding carboxylic acids is 1. The van der Waals surface area contributed by atoms with Crippen molar-refractivity contribution in [2.45, 2.75) is 46.5 Å². The van der Waals surface area contributed by atoms with Crippen molar-refractivity contribution < 1.29 is 9.53 Å². The van der Waals surface area contributed by atoms with Gasteiger partial charge in [0.2, 0.25) is 0 Å². The summed E-state index contributed by atoms with van der Waals surface area (Å²) in [5.74, 6) is -0.391. The van der Waals surface area contributed by atoms with Gasteiger partial charge in [-0.2, -0.15) is 5.26 Å². The summed E-state index contributed by atoms with van der Waals surface area (Å²) in [6.07, 6.45) is 5.33. The molecule has 0 aliphatic rings.